The van der Waals surface area contributed by atoms with Crippen LogP contribution in [0.3, 0.4) is 0 Å². The fraction of sp³-hybridized carbons (Fsp3) is 0.542. The van der Waals surface area contributed by atoms with Crippen LogP contribution in [0, 0.1) is 0 Å². The van der Waals surface area contributed by atoms with Crippen molar-refractivity contribution in [2.24, 2.45) is 0 Å². The van der Waals surface area contributed by atoms with Crippen LogP contribution in [0.25, 0.3) is 11.4 Å². The Kier molecular flexibility index (Phi) is 10.7. The van der Waals surface area contributed by atoms with Crippen molar-refractivity contribution < 1.29 is 19.0 Å². The second kappa shape index (κ2) is 13.6. The highest BCUT2D eigenvalue weighted by Gasteiger charge is 2.15. The molecule has 6 heteroatoms. The Hall–Kier alpha value is -2.63. The van der Waals surface area contributed by atoms with Crippen LogP contribution in [0.5, 0.6) is 11.5 Å². The highest BCUT2D eigenvalue weighted by Crippen LogP contribution is 2.21. The summed E-state index contributed by atoms with van der Waals surface area (Å²) in [5.41, 5.74) is 0.866. The molecular formula is C24H34N2O4. The van der Waals surface area contributed by atoms with Gasteiger partial charge in [0.1, 0.15) is 5.75 Å². The summed E-state index contributed by atoms with van der Waals surface area (Å²) in [5.74, 6) is 1.52. The van der Waals surface area contributed by atoms with E-state index in [1.165, 1.54) is 38.5 Å². The lowest BCUT2D eigenvalue weighted by Gasteiger charge is -2.13. The molecule has 30 heavy (non-hydrogen) atoms. The summed E-state index contributed by atoms with van der Waals surface area (Å²) < 4.78 is 16.3. The maximum atomic E-state index is 11.7. The van der Waals surface area contributed by atoms with Crippen LogP contribution in [0.1, 0.15) is 65.7 Å². The number of hydrogen-bond donors (Lipinski definition) is 0. The molecule has 0 aliphatic carbocycles. The zero-order chi connectivity index (χ0) is 21.6. The largest absolute Gasteiger partial charge is 0.490 e. The van der Waals surface area contributed by atoms with Gasteiger partial charge < -0.3 is 14.2 Å². The predicted octanol–water partition coefficient (Wildman–Crippen LogP) is 5.60. The van der Waals surface area contributed by atoms with Gasteiger partial charge in [-0.15, -0.1) is 0 Å². The Balaban J connectivity index is 1.75. The number of ether oxygens (including phenoxy) is 3. The van der Waals surface area contributed by atoms with E-state index in [4.69, 9.17) is 14.2 Å². The van der Waals surface area contributed by atoms with E-state index in [0.29, 0.717) is 30.5 Å². The fourth-order valence-electron chi connectivity index (χ4n) is 2.98. The van der Waals surface area contributed by atoms with Gasteiger partial charge >= 0.3 is 5.97 Å². The molecule has 2 rings (SSSR count). The first kappa shape index (κ1) is 23.6. The molecule has 0 saturated carbocycles. The molecule has 0 bridgehead atoms. The number of aromatic nitrogens is 2. The summed E-state index contributed by atoms with van der Waals surface area (Å²) in [6.07, 6.45) is 11.6. The monoisotopic (exact) mass is 414 g/mol. The average Bonchev–Trinajstić information content (AvgIpc) is 2.77. The number of carbonyl (C=O) groups is 1. The minimum atomic E-state index is -0.653. The van der Waals surface area contributed by atoms with Crippen LogP contribution in [0.4, 0.5) is 0 Å². The predicted molar refractivity (Wildman–Crippen MR) is 118 cm³/mol. The standard InChI is InChI=1S/C24H34N2O4/c1-4-6-7-8-9-10-11-16-29-22-17-25-23(26-18-22)20-12-14-21(15-13-20)30-19(3)24(27)28-5-2/h12-15,17-19H,4-11,16H2,1-3H3. The highest BCUT2D eigenvalue weighted by molar-refractivity contribution is 5.74. The summed E-state index contributed by atoms with van der Waals surface area (Å²) in [7, 11) is 0. The first-order valence-electron chi connectivity index (χ1n) is 11.0. The van der Waals surface area contributed by atoms with Gasteiger partial charge in [-0.3, -0.25) is 0 Å². The second-order valence-electron chi connectivity index (χ2n) is 7.25. The first-order chi connectivity index (χ1) is 14.6. The molecule has 0 saturated heterocycles. The minimum Gasteiger partial charge on any atom is -0.490 e. The topological polar surface area (TPSA) is 70.5 Å². The van der Waals surface area contributed by atoms with Crippen LogP contribution >= 0.6 is 0 Å². The van der Waals surface area contributed by atoms with E-state index in [1.807, 2.05) is 12.1 Å². The summed E-state index contributed by atoms with van der Waals surface area (Å²) in [6.45, 7) is 6.70. The molecule has 0 amide bonds. The smallest absolute Gasteiger partial charge is 0.347 e. The molecule has 0 N–H and O–H groups in total. The Labute approximate surface area is 180 Å². The quantitative estimate of drug-likeness (QED) is 0.296. The van der Waals surface area contributed by atoms with E-state index in [2.05, 4.69) is 16.9 Å². The lowest BCUT2D eigenvalue weighted by molar-refractivity contribution is -0.150. The third-order valence-electron chi connectivity index (χ3n) is 4.69. The third kappa shape index (κ3) is 8.39. The van der Waals surface area contributed by atoms with Crippen LogP contribution in [-0.2, 0) is 9.53 Å². The maximum Gasteiger partial charge on any atom is 0.347 e. The van der Waals surface area contributed by atoms with Gasteiger partial charge in [-0.1, -0.05) is 45.4 Å². The zero-order valence-electron chi connectivity index (χ0n) is 18.4. The van der Waals surface area contributed by atoms with Crippen LogP contribution in [0.2, 0.25) is 0 Å². The van der Waals surface area contributed by atoms with Gasteiger partial charge in [0.2, 0.25) is 0 Å². The Morgan fingerprint density at radius 3 is 2.17 bits per heavy atom. The summed E-state index contributed by atoms with van der Waals surface area (Å²) in [6, 6.07) is 7.31. The maximum absolute atomic E-state index is 11.7. The molecule has 2 aromatic rings. The van der Waals surface area contributed by atoms with E-state index in [0.717, 1.165) is 12.0 Å². The van der Waals surface area contributed by atoms with Gasteiger partial charge in [0.25, 0.3) is 0 Å². The zero-order valence-corrected chi connectivity index (χ0v) is 18.4. The number of carbonyl (C=O) groups excluding carboxylic acids is 1. The molecule has 0 radical (unpaired) electrons. The normalized spacial score (nSPS) is 11.7. The van der Waals surface area contributed by atoms with Crippen molar-refractivity contribution in [2.75, 3.05) is 13.2 Å². The van der Waals surface area contributed by atoms with Gasteiger partial charge in [0, 0.05) is 5.56 Å². The van der Waals surface area contributed by atoms with Gasteiger partial charge in [0.15, 0.2) is 17.7 Å². The van der Waals surface area contributed by atoms with Gasteiger partial charge in [-0.2, -0.15) is 0 Å². The number of hydrogen-bond acceptors (Lipinski definition) is 6. The van der Waals surface area contributed by atoms with Gasteiger partial charge in [-0.05, 0) is 44.5 Å². The molecule has 1 aromatic carbocycles. The molecule has 0 aliphatic heterocycles. The number of unbranched alkanes of at least 4 members (excludes halogenated alkanes) is 6. The molecule has 0 spiro atoms. The first-order valence-corrected chi connectivity index (χ1v) is 11.0. The Bertz CT molecular complexity index is 732. The molecule has 0 aliphatic rings. The molecule has 164 valence electrons. The van der Waals surface area contributed by atoms with E-state index in [1.54, 1.807) is 38.4 Å². The van der Waals surface area contributed by atoms with E-state index in [9.17, 15) is 4.79 Å². The highest BCUT2D eigenvalue weighted by atomic mass is 16.6. The van der Waals surface area contributed by atoms with Crippen molar-refractivity contribution in [3.63, 3.8) is 0 Å². The number of rotatable bonds is 14. The summed E-state index contributed by atoms with van der Waals surface area (Å²) in [4.78, 5) is 20.4. The van der Waals surface area contributed by atoms with Gasteiger partial charge in [0.05, 0.1) is 25.6 Å². The van der Waals surface area contributed by atoms with Crippen molar-refractivity contribution in [3.05, 3.63) is 36.7 Å². The average molecular weight is 415 g/mol. The Morgan fingerprint density at radius 2 is 1.53 bits per heavy atom. The van der Waals surface area contributed by atoms with Crippen molar-refractivity contribution in [1.82, 2.24) is 9.97 Å². The number of benzene rings is 1. The molecule has 1 unspecified atom stereocenters. The van der Waals surface area contributed by atoms with E-state index >= 15 is 0 Å². The molecular weight excluding hydrogens is 380 g/mol. The lowest BCUT2D eigenvalue weighted by atomic mass is 10.1. The molecule has 1 atom stereocenters. The van der Waals surface area contributed by atoms with E-state index < -0.39 is 6.10 Å². The minimum absolute atomic E-state index is 0.335. The third-order valence-corrected chi connectivity index (χ3v) is 4.69. The summed E-state index contributed by atoms with van der Waals surface area (Å²) in [5, 5.41) is 0. The molecule has 0 fully saturated rings. The van der Waals surface area contributed by atoms with Crippen LogP contribution < -0.4 is 9.47 Å². The van der Waals surface area contributed by atoms with E-state index in [-0.39, 0.29) is 5.97 Å². The van der Waals surface area contributed by atoms with Crippen molar-refractivity contribution >= 4 is 5.97 Å². The fourth-order valence-corrected chi connectivity index (χ4v) is 2.98. The summed E-state index contributed by atoms with van der Waals surface area (Å²) >= 11 is 0. The van der Waals surface area contributed by atoms with Crippen LogP contribution in [-0.4, -0.2) is 35.3 Å². The van der Waals surface area contributed by atoms with Crippen molar-refractivity contribution in [3.8, 4) is 22.9 Å². The molecule has 6 nitrogen and oxygen atoms in total. The van der Waals surface area contributed by atoms with Crippen molar-refractivity contribution in [1.29, 1.82) is 0 Å². The second-order valence-corrected chi connectivity index (χ2v) is 7.25. The number of esters is 1. The number of nitrogens with zero attached hydrogens (tertiary/aromatic N) is 2. The van der Waals surface area contributed by atoms with Crippen molar-refractivity contribution in [2.45, 2.75) is 71.8 Å². The lowest BCUT2D eigenvalue weighted by Crippen LogP contribution is -2.25. The van der Waals surface area contributed by atoms with Crippen LogP contribution in [0.15, 0.2) is 36.7 Å². The Morgan fingerprint density at radius 1 is 0.900 bits per heavy atom. The molecule has 1 heterocycles. The molecule has 1 aromatic heterocycles. The SMILES string of the molecule is CCCCCCCCCOc1cnc(-c2ccc(OC(C)C(=O)OCC)cc2)nc1. The van der Waals surface area contributed by atoms with Gasteiger partial charge in [-0.25, -0.2) is 14.8 Å².